The van der Waals surface area contributed by atoms with Gasteiger partial charge in [-0.1, -0.05) is 38.1 Å². The van der Waals surface area contributed by atoms with E-state index in [-0.39, 0.29) is 5.54 Å². The number of rotatable bonds is 5. The van der Waals surface area contributed by atoms with E-state index >= 15 is 0 Å². The van der Waals surface area contributed by atoms with E-state index in [1.165, 1.54) is 11.1 Å². The molecule has 1 fully saturated rings. The number of ether oxygens (including phenoxy) is 1. The van der Waals surface area contributed by atoms with E-state index in [0.717, 1.165) is 26.0 Å². The molecule has 0 amide bonds. The summed E-state index contributed by atoms with van der Waals surface area (Å²) in [5.41, 5.74) is 9.00. The van der Waals surface area contributed by atoms with Gasteiger partial charge in [0.1, 0.15) is 0 Å². The Morgan fingerprint density at radius 1 is 1.38 bits per heavy atom. The fourth-order valence-electron chi connectivity index (χ4n) is 3.26. The number of aryl methyl sites for hydroxylation is 1. The summed E-state index contributed by atoms with van der Waals surface area (Å²) < 4.78 is 5.94. The highest BCUT2D eigenvalue weighted by Gasteiger charge is 2.40. The van der Waals surface area contributed by atoms with Crippen LogP contribution < -0.4 is 5.73 Å². The molecule has 3 heteroatoms. The summed E-state index contributed by atoms with van der Waals surface area (Å²) in [5, 5.41) is 0. The second kappa shape index (κ2) is 6.91. The van der Waals surface area contributed by atoms with Gasteiger partial charge in [-0.25, -0.2) is 0 Å². The molecule has 118 valence electrons. The molecule has 0 aliphatic carbocycles. The summed E-state index contributed by atoms with van der Waals surface area (Å²) in [7, 11) is 2.21. The molecule has 2 N–H and O–H groups in total. The molecule has 2 unspecified atom stereocenters. The predicted molar refractivity (Wildman–Crippen MR) is 88.2 cm³/mol. The van der Waals surface area contributed by atoms with Crippen LogP contribution in [0.15, 0.2) is 24.3 Å². The van der Waals surface area contributed by atoms with Crippen LogP contribution in [0.4, 0.5) is 0 Å². The average molecular weight is 290 g/mol. The van der Waals surface area contributed by atoms with Crippen molar-refractivity contribution in [3.05, 3.63) is 35.4 Å². The first-order valence-corrected chi connectivity index (χ1v) is 8.06. The molecule has 0 bridgehead atoms. The molecule has 3 nitrogen and oxygen atoms in total. The first kappa shape index (κ1) is 16.5. The van der Waals surface area contributed by atoms with Crippen molar-refractivity contribution in [2.45, 2.75) is 51.8 Å². The molecule has 0 aromatic heterocycles. The van der Waals surface area contributed by atoms with Crippen molar-refractivity contribution >= 4 is 0 Å². The van der Waals surface area contributed by atoms with Crippen molar-refractivity contribution < 1.29 is 4.74 Å². The Kier molecular flexibility index (Phi) is 5.42. The van der Waals surface area contributed by atoms with E-state index in [4.69, 9.17) is 10.5 Å². The van der Waals surface area contributed by atoms with E-state index in [9.17, 15) is 0 Å². The molecule has 2 atom stereocenters. The lowest BCUT2D eigenvalue weighted by Crippen LogP contribution is -2.57. The van der Waals surface area contributed by atoms with Gasteiger partial charge < -0.3 is 10.5 Å². The monoisotopic (exact) mass is 290 g/mol. The van der Waals surface area contributed by atoms with Crippen LogP contribution in [0.1, 0.15) is 37.8 Å². The average Bonchev–Trinajstić information content (AvgIpc) is 2.49. The number of nitrogens with two attached hydrogens (primary N) is 1. The maximum Gasteiger partial charge on any atom is 0.0616 e. The van der Waals surface area contributed by atoms with Crippen LogP contribution in [0.5, 0.6) is 0 Å². The lowest BCUT2D eigenvalue weighted by Gasteiger charge is -2.47. The summed E-state index contributed by atoms with van der Waals surface area (Å²) in [6, 6.07) is 8.61. The first-order valence-electron chi connectivity index (χ1n) is 8.06. The lowest BCUT2D eigenvalue weighted by atomic mass is 9.81. The van der Waals surface area contributed by atoms with Crippen LogP contribution in [0.2, 0.25) is 0 Å². The van der Waals surface area contributed by atoms with Gasteiger partial charge in [0.15, 0.2) is 0 Å². The van der Waals surface area contributed by atoms with Gasteiger partial charge in [0, 0.05) is 25.2 Å². The SMILES string of the molecule is Cc1ccccc1CN(C)C1(CN)CCOC(C(C)C)C1. The number of hydrogen-bond donors (Lipinski definition) is 1. The Morgan fingerprint density at radius 3 is 2.71 bits per heavy atom. The van der Waals surface area contributed by atoms with Gasteiger partial charge in [-0.3, -0.25) is 4.90 Å². The summed E-state index contributed by atoms with van der Waals surface area (Å²) in [6.45, 7) is 9.12. The number of benzene rings is 1. The molecule has 1 heterocycles. The minimum atomic E-state index is 0.0649. The first-order chi connectivity index (χ1) is 9.98. The number of hydrogen-bond acceptors (Lipinski definition) is 3. The topological polar surface area (TPSA) is 38.5 Å². The third-order valence-electron chi connectivity index (χ3n) is 5.08. The third-order valence-corrected chi connectivity index (χ3v) is 5.08. The van der Waals surface area contributed by atoms with Gasteiger partial charge >= 0.3 is 0 Å². The zero-order valence-electron chi connectivity index (χ0n) is 13.9. The van der Waals surface area contributed by atoms with Gasteiger partial charge in [-0.15, -0.1) is 0 Å². The second-order valence-corrected chi connectivity index (χ2v) is 6.82. The summed E-state index contributed by atoms with van der Waals surface area (Å²) in [5.74, 6) is 0.545. The van der Waals surface area contributed by atoms with E-state index in [0.29, 0.717) is 18.6 Å². The van der Waals surface area contributed by atoms with Crippen molar-refractivity contribution in [1.29, 1.82) is 0 Å². The summed E-state index contributed by atoms with van der Waals surface area (Å²) in [6.07, 6.45) is 2.38. The third kappa shape index (κ3) is 3.65. The molecule has 1 aliphatic heterocycles. The summed E-state index contributed by atoms with van der Waals surface area (Å²) >= 11 is 0. The van der Waals surface area contributed by atoms with Crippen molar-refractivity contribution in [3.8, 4) is 0 Å². The molecule has 0 radical (unpaired) electrons. The normalized spacial score (nSPS) is 26.5. The minimum absolute atomic E-state index is 0.0649. The van der Waals surface area contributed by atoms with E-state index < -0.39 is 0 Å². The number of nitrogens with zero attached hydrogens (tertiary/aromatic N) is 1. The van der Waals surface area contributed by atoms with Gasteiger partial charge in [0.2, 0.25) is 0 Å². The standard InChI is InChI=1S/C18H30N2O/c1-14(2)17-11-18(13-19,9-10-21-17)20(4)12-16-8-6-5-7-15(16)3/h5-8,14,17H,9-13,19H2,1-4H3. The predicted octanol–water partition coefficient (Wildman–Crippen LogP) is 2.96. The highest BCUT2D eigenvalue weighted by Crippen LogP contribution is 2.33. The van der Waals surface area contributed by atoms with Crippen LogP contribution in [-0.4, -0.2) is 36.7 Å². The molecular weight excluding hydrogens is 260 g/mol. The smallest absolute Gasteiger partial charge is 0.0616 e. The Morgan fingerprint density at radius 2 is 2.10 bits per heavy atom. The van der Waals surface area contributed by atoms with Crippen molar-refractivity contribution in [2.24, 2.45) is 11.7 Å². The van der Waals surface area contributed by atoms with Gasteiger partial charge in [0.25, 0.3) is 0 Å². The molecule has 1 aromatic carbocycles. The van der Waals surface area contributed by atoms with Crippen LogP contribution in [0, 0.1) is 12.8 Å². The van der Waals surface area contributed by atoms with Crippen LogP contribution in [-0.2, 0) is 11.3 Å². The zero-order valence-corrected chi connectivity index (χ0v) is 13.9. The minimum Gasteiger partial charge on any atom is -0.378 e. The maximum absolute atomic E-state index is 6.20. The molecule has 1 aliphatic rings. The van der Waals surface area contributed by atoms with Crippen LogP contribution in [0.3, 0.4) is 0 Å². The molecule has 1 saturated heterocycles. The largest absolute Gasteiger partial charge is 0.378 e. The van der Waals surface area contributed by atoms with Crippen molar-refractivity contribution in [2.75, 3.05) is 20.2 Å². The van der Waals surface area contributed by atoms with Gasteiger partial charge in [0.05, 0.1) is 6.10 Å². The van der Waals surface area contributed by atoms with Crippen molar-refractivity contribution in [3.63, 3.8) is 0 Å². The van der Waals surface area contributed by atoms with E-state index in [1.54, 1.807) is 0 Å². The molecule has 0 saturated carbocycles. The Bertz CT molecular complexity index is 460. The maximum atomic E-state index is 6.20. The fourth-order valence-corrected chi connectivity index (χ4v) is 3.26. The second-order valence-electron chi connectivity index (χ2n) is 6.82. The van der Waals surface area contributed by atoms with E-state index in [2.05, 4.69) is 57.0 Å². The van der Waals surface area contributed by atoms with Crippen LogP contribution >= 0.6 is 0 Å². The highest BCUT2D eigenvalue weighted by atomic mass is 16.5. The van der Waals surface area contributed by atoms with Gasteiger partial charge in [-0.05, 0) is 43.9 Å². The molecule has 1 aromatic rings. The Balaban J connectivity index is 2.14. The van der Waals surface area contributed by atoms with Gasteiger partial charge in [-0.2, -0.15) is 0 Å². The number of likely N-dealkylation sites (N-methyl/N-ethyl adjacent to an activating group) is 1. The molecule has 0 spiro atoms. The quantitative estimate of drug-likeness (QED) is 0.906. The van der Waals surface area contributed by atoms with Crippen molar-refractivity contribution in [1.82, 2.24) is 4.90 Å². The van der Waals surface area contributed by atoms with Crippen LogP contribution in [0.25, 0.3) is 0 Å². The molecule has 21 heavy (non-hydrogen) atoms. The highest BCUT2D eigenvalue weighted by molar-refractivity contribution is 5.25. The van der Waals surface area contributed by atoms with E-state index in [1.807, 2.05) is 0 Å². The fraction of sp³-hybridized carbons (Fsp3) is 0.667. The summed E-state index contributed by atoms with van der Waals surface area (Å²) in [4.78, 5) is 2.45. The molecule has 2 rings (SSSR count). The zero-order chi connectivity index (χ0) is 15.5. The Labute approximate surface area is 129 Å². The molecular formula is C18H30N2O. The Hall–Kier alpha value is -0.900. The lowest BCUT2D eigenvalue weighted by molar-refractivity contribution is -0.0834.